The summed E-state index contributed by atoms with van der Waals surface area (Å²) < 4.78 is 26.7. The fraction of sp³-hybridized carbons (Fsp3) is 0.538. The average Bonchev–Trinajstić information content (AvgIpc) is 3.15. The van der Waals surface area contributed by atoms with Crippen molar-refractivity contribution in [3.8, 4) is 5.88 Å². The van der Waals surface area contributed by atoms with E-state index in [2.05, 4.69) is 15.4 Å². The van der Waals surface area contributed by atoms with Crippen LogP contribution in [0.5, 0.6) is 5.88 Å². The number of carbonyl (C=O) groups is 2. The van der Waals surface area contributed by atoms with Crippen LogP contribution >= 0.6 is 0 Å². The molecule has 1 N–H and O–H groups in total. The molecular formula is C26H32FN5O4. The molecule has 0 spiro atoms. The SMILES string of the molecule is C/C(=C\C=C/N(C=O)C1(C)CC1)NC(=O)c1cc2cn(C34COC(CF)(C3)C4)nc2nc1OC(C)C. The van der Waals surface area contributed by atoms with Crippen LogP contribution in [0.1, 0.15) is 63.7 Å². The number of halogens is 1. The van der Waals surface area contributed by atoms with E-state index in [0.29, 0.717) is 41.7 Å². The molecule has 4 aliphatic rings. The van der Waals surface area contributed by atoms with Gasteiger partial charge in [0.05, 0.1) is 18.2 Å². The monoisotopic (exact) mass is 497 g/mol. The van der Waals surface area contributed by atoms with Crippen LogP contribution in [0.2, 0.25) is 0 Å². The zero-order valence-electron chi connectivity index (χ0n) is 21.1. The third-order valence-corrected chi connectivity index (χ3v) is 7.34. The minimum Gasteiger partial charge on any atom is -0.474 e. The summed E-state index contributed by atoms with van der Waals surface area (Å²) in [6, 6.07) is 1.72. The van der Waals surface area contributed by atoms with Crippen molar-refractivity contribution < 1.29 is 23.5 Å². The predicted molar refractivity (Wildman–Crippen MR) is 131 cm³/mol. The number of carbonyl (C=O) groups excluding carboxylic acids is 2. The highest BCUT2D eigenvalue weighted by Crippen LogP contribution is 2.56. The minimum atomic E-state index is -0.681. The van der Waals surface area contributed by atoms with Crippen LogP contribution in [0.3, 0.4) is 0 Å². The summed E-state index contributed by atoms with van der Waals surface area (Å²) in [5, 5.41) is 8.18. The van der Waals surface area contributed by atoms with E-state index in [4.69, 9.17) is 9.47 Å². The molecular weight excluding hydrogens is 465 g/mol. The molecule has 36 heavy (non-hydrogen) atoms. The van der Waals surface area contributed by atoms with Crippen molar-refractivity contribution in [3.63, 3.8) is 0 Å². The van der Waals surface area contributed by atoms with Gasteiger partial charge in [0.25, 0.3) is 5.91 Å². The number of hydrogen-bond donors (Lipinski definition) is 1. The molecule has 0 aromatic carbocycles. The highest BCUT2D eigenvalue weighted by molar-refractivity contribution is 6.00. The molecule has 2 saturated carbocycles. The molecule has 0 atom stereocenters. The molecule has 9 nitrogen and oxygen atoms in total. The number of fused-ring (bicyclic) bond motifs is 2. The molecule has 4 heterocycles. The van der Waals surface area contributed by atoms with Crippen molar-refractivity contribution in [1.29, 1.82) is 0 Å². The van der Waals surface area contributed by atoms with Crippen molar-refractivity contribution in [3.05, 3.63) is 41.9 Å². The van der Waals surface area contributed by atoms with Gasteiger partial charge in [-0.25, -0.2) is 4.39 Å². The molecule has 2 amide bonds. The summed E-state index contributed by atoms with van der Waals surface area (Å²) in [6.07, 6.45) is 10.8. The second-order valence-corrected chi connectivity index (χ2v) is 10.8. The number of aromatic nitrogens is 3. The lowest BCUT2D eigenvalue weighted by molar-refractivity contribution is -0.117. The molecule has 0 radical (unpaired) electrons. The lowest BCUT2D eigenvalue weighted by Gasteiger charge is -2.42. The van der Waals surface area contributed by atoms with E-state index < -0.39 is 12.3 Å². The van der Waals surface area contributed by atoms with Gasteiger partial charge in [0, 0.05) is 41.9 Å². The molecule has 2 aromatic rings. The Labute approximate surface area is 209 Å². The van der Waals surface area contributed by atoms with Gasteiger partial charge in [0.1, 0.15) is 17.8 Å². The van der Waals surface area contributed by atoms with E-state index in [1.807, 2.05) is 31.6 Å². The quantitative estimate of drug-likeness (QED) is 0.398. The smallest absolute Gasteiger partial charge is 0.260 e. The van der Waals surface area contributed by atoms with E-state index >= 15 is 0 Å². The van der Waals surface area contributed by atoms with Crippen molar-refractivity contribution in [1.82, 2.24) is 25.0 Å². The Morgan fingerprint density at radius 3 is 2.75 bits per heavy atom. The van der Waals surface area contributed by atoms with Gasteiger partial charge in [-0.2, -0.15) is 10.1 Å². The highest BCUT2D eigenvalue weighted by atomic mass is 19.1. The Kier molecular flexibility index (Phi) is 5.89. The topological polar surface area (TPSA) is 98.6 Å². The number of nitrogens with one attached hydrogen (secondary N) is 1. The number of rotatable bonds is 10. The fourth-order valence-corrected chi connectivity index (χ4v) is 5.01. The van der Waals surface area contributed by atoms with E-state index in [0.717, 1.165) is 19.3 Å². The molecule has 2 aliphatic heterocycles. The first kappa shape index (κ1) is 24.4. The van der Waals surface area contributed by atoms with E-state index in [1.54, 1.807) is 36.2 Å². The van der Waals surface area contributed by atoms with Crippen LogP contribution in [-0.2, 0) is 15.1 Å². The third-order valence-electron chi connectivity index (χ3n) is 7.34. The van der Waals surface area contributed by atoms with Gasteiger partial charge in [-0.3, -0.25) is 14.3 Å². The maximum atomic E-state index is 13.4. The maximum absolute atomic E-state index is 13.4. The van der Waals surface area contributed by atoms with E-state index in [1.165, 1.54) is 0 Å². The maximum Gasteiger partial charge on any atom is 0.260 e. The second kappa shape index (κ2) is 8.69. The number of hydrogen-bond acceptors (Lipinski definition) is 6. The summed E-state index contributed by atoms with van der Waals surface area (Å²) in [6.45, 7) is 7.44. The normalized spacial score (nSPS) is 26.3. The first-order chi connectivity index (χ1) is 17.1. The number of amides is 2. The molecule has 2 aromatic heterocycles. The minimum absolute atomic E-state index is 0.102. The third kappa shape index (κ3) is 4.27. The average molecular weight is 498 g/mol. The van der Waals surface area contributed by atoms with Crippen LogP contribution in [0, 0.1) is 0 Å². The Morgan fingerprint density at radius 1 is 1.39 bits per heavy atom. The Morgan fingerprint density at radius 2 is 2.14 bits per heavy atom. The number of pyridine rings is 1. The van der Waals surface area contributed by atoms with Gasteiger partial charge >= 0.3 is 0 Å². The number of ether oxygens (including phenoxy) is 2. The van der Waals surface area contributed by atoms with Crippen LogP contribution in [0.15, 0.2) is 36.3 Å². The zero-order valence-corrected chi connectivity index (χ0v) is 21.1. The van der Waals surface area contributed by atoms with Gasteiger partial charge in [0.15, 0.2) is 5.65 Å². The van der Waals surface area contributed by atoms with Gasteiger partial charge in [-0.15, -0.1) is 0 Å². The Balaban J connectivity index is 1.37. The molecule has 192 valence electrons. The number of nitrogens with zero attached hydrogens (tertiary/aromatic N) is 4. The van der Waals surface area contributed by atoms with Crippen LogP contribution in [-0.4, -0.2) is 62.5 Å². The first-order valence-corrected chi connectivity index (χ1v) is 12.3. The van der Waals surface area contributed by atoms with E-state index in [9.17, 15) is 14.0 Å². The first-order valence-electron chi connectivity index (χ1n) is 12.3. The standard InChI is InChI=1S/C26H32FN5O4/c1-17(2)36-23-20(22(34)28-18(3)6-5-9-31(16-33)24(4)7-8-24)10-19-11-32(30-21(19)29-23)25-12-26(13-25,14-27)35-15-25/h5-6,9-11,16-17H,7-8,12-15H2,1-4H3,(H,28,34)/b9-5-,18-6+. The molecule has 0 unspecified atom stereocenters. The van der Waals surface area contributed by atoms with Gasteiger partial charge < -0.3 is 19.7 Å². The summed E-state index contributed by atoms with van der Waals surface area (Å²) in [5.41, 5.74) is 0.202. The second-order valence-electron chi connectivity index (χ2n) is 10.8. The molecule has 2 bridgehead atoms. The molecule has 2 saturated heterocycles. The van der Waals surface area contributed by atoms with Gasteiger partial charge in [-0.1, -0.05) is 0 Å². The van der Waals surface area contributed by atoms with Crippen LogP contribution in [0.4, 0.5) is 4.39 Å². The Bertz CT molecular complexity index is 1260. The molecule has 4 fully saturated rings. The zero-order chi connectivity index (χ0) is 25.7. The molecule has 2 aliphatic carbocycles. The van der Waals surface area contributed by atoms with Crippen molar-refractivity contribution >= 4 is 23.4 Å². The molecule has 10 heteroatoms. The molecule has 6 rings (SSSR count). The summed E-state index contributed by atoms with van der Waals surface area (Å²) in [5.74, 6) is -0.164. The summed E-state index contributed by atoms with van der Waals surface area (Å²) >= 11 is 0. The largest absolute Gasteiger partial charge is 0.474 e. The van der Waals surface area contributed by atoms with Crippen LogP contribution < -0.4 is 10.1 Å². The summed E-state index contributed by atoms with van der Waals surface area (Å²) in [4.78, 5) is 30.7. The highest BCUT2D eigenvalue weighted by Gasteiger charge is 2.64. The Hall–Kier alpha value is -3.27. The van der Waals surface area contributed by atoms with Crippen molar-refractivity contribution in [2.24, 2.45) is 0 Å². The lowest BCUT2D eigenvalue weighted by atomic mass is 9.69. The predicted octanol–water partition coefficient (Wildman–Crippen LogP) is 3.60. The van der Waals surface area contributed by atoms with Gasteiger partial charge in [0.2, 0.25) is 12.3 Å². The van der Waals surface area contributed by atoms with Gasteiger partial charge in [-0.05, 0) is 58.8 Å². The lowest BCUT2D eigenvalue weighted by Crippen LogP contribution is -2.52. The number of allylic oxidation sites excluding steroid dienone is 3. The van der Waals surface area contributed by atoms with Crippen molar-refractivity contribution in [2.45, 2.75) is 76.2 Å². The summed E-state index contributed by atoms with van der Waals surface area (Å²) in [7, 11) is 0. The van der Waals surface area contributed by atoms with E-state index in [-0.39, 0.29) is 29.0 Å². The number of alkyl halides is 1. The fourth-order valence-electron chi connectivity index (χ4n) is 5.01. The van der Waals surface area contributed by atoms with Crippen LogP contribution in [0.25, 0.3) is 11.0 Å². The van der Waals surface area contributed by atoms with Crippen molar-refractivity contribution in [2.75, 3.05) is 13.3 Å².